The lowest BCUT2D eigenvalue weighted by Crippen LogP contribution is -2.41. The van der Waals surface area contributed by atoms with Crippen LogP contribution >= 0.6 is 24.0 Å². The van der Waals surface area contributed by atoms with E-state index in [1.807, 2.05) is 0 Å². The van der Waals surface area contributed by atoms with Crippen molar-refractivity contribution in [2.75, 3.05) is 59.0 Å². The Morgan fingerprint density at radius 1 is 1.15 bits per heavy atom. The molecule has 27 heavy (non-hydrogen) atoms. The highest BCUT2D eigenvalue weighted by Gasteiger charge is 2.27. The molecule has 0 aromatic rings. The highest BCUT2D eigenvalue weighted by molar-refractivity contribution is 14.0. The number of halogens is 1. The average molecular weight is 494 g/mol. The minimum atomic E-state index is -0.505. The first-order valence-corrected chi connectivity index (χ1v) is 10.8. The number of aliphatic hydroxyl groups is 1. The fourth-order valence-corrected chi connectivity index (χ4v) is 4.01. The number of aliphatic imine (C=N–C) groups is 1. The molecule has 3 rings (SSSR count). The Morgan fingerprint density at radius 2 is 1.93 bits per heavy atom. The molecule has 1 aliphatic carbocycles. The Balaban J connectivity index is 0.00000261. The molecule has 2 aliphatic heterocycles. The van der Waals surface area contributed by atoms with Gasteiger partial charge in [0.05, 0.1) is 19.3 Å². The number of ether oxygens (including phenoxy) is 1. The molecule has 0 amide bonds. The molecule has 2 saturated heterocycles. The normalized spacial score (nSPS) is 25.3. The van der Waals surface area contributed by atoms with Crippen LogP contribution in [0.2, 0.25) is 0 Å². The van der Waals surface area contributed by atoms with E-state index >= 15 is 0 Å². The zero-order valence-electron chi connectivity index (χ0n) is 16.9. The molecule has 2 heterocycles. The van der Waals surface area contributed by atoms with Gasteiger partial charge in [-0.25, -0.2) is 0 Å². The first-order chi connectivity index (χ1) is 12.7. The molecule has 0 aromatic carbocycles. The van der Waals surface area contributed by atoms with Gasteiger partial charge in [0.1, 0.15) is 0 Å². The van der Waals surface area contributed by atoms with Gasteiger partial charge in [0.25, 0.3) is 0 Å². The predicted molar refractivity (Wildman–Crippen MR) is 121 cm³/mol. The summed E-state index contributed by atoms with van der Waals surface area (Å²) in [5, 5.41) is 13.5. The van der Waals surface area contributed by atoms with Gasteiger partial charge in [0.15, 0.2) is 5.96 Å². The van der Waals surface area contributed by atoms with Gasteiger partial charge in [-0.1, -0.05) is 6.42 Å². The van der Waals surface area contributed by atoms with Crippen molar-refractivity contribution >= 4 is 29.9 Å². The van der Waals surface area contributed by atoms with E-state index in [0.29, 0.717) is 13.2 Å². The summed E-state index contributed by atoms with van der Waals surface area (Å²) in [4.78, 5) is 9.69. The Kier molecular flexibility index (Phi) is 10.7. The zero-order chi connectivity index (χ0) is 18.2. The van der Waals surface area contributed by atoms with Gasteiger partial charge in [-0.2, -0.15) is 0 Å². The van der Waals surface area contributed by atoms with Gasteiger partial charge < -0.3 is 25.0 Å². The van der Waals surface area contributed by atoms with Crippen molar-refractivity contribution in [2.24, 2.45) is 16.8 Å². The lowest BCUT2D eigenvalue weighted by atomic mass is 10.1. The smallest absolute Gasteiger partial charge is 0.194 e. The van der Waals surface area contributed by atoms with E-state index in [9.17, 15) is 5.11 Å². The van der Waals surface area contributed by atoms with Crippen molar-refractivity contribution in [1.29, 1.82) is 0 Å². The van der Waals surface area contributed by atoms with E-state index in [1.54, 1.807) is 0 Å². The predicted octanol–water partition coefficient (Wildman–Crippen LogP) is 2.17. The molecule has 0 bridgehead atoms. The summed E-state index contributed by atoms with van der Waals surface area (Å²) in [6.45, 7) is 10.5. The highest BCUT2D eigenvalue weighted by Crippen LogP contribution is 2.28. The number of likely N-dealkylation sites (tertiary alicyclic amines) is 2. The number of nitrogens with one attached hydrogen (secondary N) is 1. The summed E-state index contributed by atoms with van der Waals surface area (Å²) in [6, 6.07) is 0. The van der Waals surface area contributed by atoms with Crippen LogP contribution < -0.4 is 5.32 Å². The summed E-state index contributed by atoms with van der Waals surface area (Å²) >= 11 is 0. The monoisotopic (exact) mass is 494 g/mol. The standard InChI is InChI=1S/C20H38N4O2.HI/c1-2-21-20(22-12-19(25)16-26-15-17-6-7-17)24-11-8-18(14-24)13-23-9-4-3-5-10-23;/h17-19,25H,2-16H2,1H3,(H,21,22);1H. The second kappa shape index (κ2) is 12.4. The zero-order valence-corrected chi connectivity index (χ0v) is 19.3. The fraction of sp³-hybridized carbons (Fsp3) is 0.950. The Morgan fingerprint density at radius 3 is 2.63 bits per heavy atom. The molecule has 0 spiro atoms. The summed E-state index contributed by atoms with van der Waals surface area (Å²) in [6.07, 6.45) is 7.43. The maximum atomic E-state index is 10.1. The minimum Gasteiger partial charge on any atom is -0.389 e. The number of nitrogens with zero attached hydrogens (tertiary/aromatic N) is 3. The lowest BCUT2D eigenvalue weighted by molar-refractivity contribution is 0.0367. The largest absolute Gasteiger partial charge is 0.389 e. The van der Waals surface area contributed by atoms with E-state index in [0.717, 1.165) is 44.0 Å². The molecule has 158 valence electrons. The molecule has 7 heteroatoms. The van der Waals surface area contributed by atoms with Crippen LogP contribution in [0.1, 0.15) is 45.4 Å². The molecule has 0 radical (unpaired) electrons. The van der Waals surface area contributed by atoms with Crippen molar-refractivity contribution in [3.8, 4) is 0 Å². The number of guanidine groups is 1. The van der Waals surface area contributed by atoms with Crippen LogP contribution in [0.3, 0.4) is 0 Å². The quantitative estimate of drug-likeness (QED) is 0.292. The number of hydrogen-bond acceptors (Lipinski definition) is 4. The molecule has 3 aliphatic rings. The van der Waals surface area contributed by atoms with Crippen molar-refractivity contribution < 1.29 is 9.84 Å². The maximum Gasteiger partial charge on any atom is 0.194 e. The first-order valence-electron chi connectivity index (χ1n) is 10.8. The van der Waals surface area contributed by atoms with E-state index < -0.39 is 6.10 Å². The topological polar surface area (TPSA) is 60.3 Å². The molecule has 2 N–H and O–H groups in total. The van der Waals surface area contributed by atoms with E-state index in [1.165, 1.54) is 58.2 Å². The Bertz CT molecular complexity index is 442. The summed E-state index contributed by atoms with van der Waals surface area (Å²) in [5.41, 5.74) is 0. The van der Waals surface area contributed by atoms with Gasteiger partial charge >= 0.3 is 0 Å². The number of rotatable bonds is 9. The molecule has 0 aromatic heterocycles. The molecular weight excluding hydrogens is 455 g/mol. The van der Waals surface area contributed by atoms with Crippen molar-refractivity contribution in [2.45, 2.75) is 51.6 Å². The second-order valence-corrected chi connectivity index (χ2v) is 8.29. The molecule has 2 unspecified atom stereocenters. The maximum absolute atomic E-state index is 10.1. The SMILES string of the molecule is CCNC(=NCC(O)COCC1CC1)N1CCC(CN2CCCCC2)C1.I. The summed E-state index contributed by atoms with van der Waals surface area (Å²) in [7, 11) is 0. The third kappa shape index (κ3) is 8.41. The van der Waals surface area contributed by atoms with E-state index in [4.69, 9.17) is 4.74 Å². The van der Waals surface area contributed by atoms with Crippen LogP contribution in [0, 0.1) is 11.8 Å². The van der Waals surface area contributed by atoms with Crippen LogP contribution in [-0.2, 0) is 4.74 Å². The third-order valence-electron chi connectivity index (χ3n) is 5.70. The summed E-state index contributed by atoms with van der Waals surface area (Å²) < 4.78 is 5.58. The van der Waals surface area contributed by atoms with Crippen molar-refractivity contribution in [3.05, 3.63) is 0 Å². The van der Waals surface area contributed by atoms with Crippen LogP contribution in [0.25, 0.3) is 0 Å². The number of aliphatic hydroxyl groups excluding tert-OH is 1. The molecule has 3 fully saturated rings. The van der Waals surface area contributed by atoms with Gasteiger partial charge in [0.2, 0.25) is 0 Å². The Labute approximate surface area is 182 Å². The van der Waals surface area contributed by atoms with Crippen LogP contribution in [0.15, 0.2) is 4.99 Å². The lowest BCUT2D eigenvalue weighted by Gasteiger charge is -2.29. The molecule has 2 atom stereocenters. The fourth-order valence-electron chi connectivity index (χ4n) is 4.01. The highest BCUT2D eigenvalue weighted by atomic mass is 127. The molecule has 1 saturated carbocycles. The van der Waals surface area contributed by atoms with Crippen LogP contribution in [-0.4, -0.2) is 86.0 Å². The second-order valence-electron chi connectivity index (χ2n) is 8.29. The van der Waals surface area contributed by atoms with Crippen molar-refractivity contribution in [3.63, 3.8) is 0 Å². The Hall–Kier alpha value is -0.120. The first kappa shape index (κ1) is 23.2. The van der Waals surface area contributed by atoms with Crippen LogP contribution in [0.5, 0.6) is 0 Å². The van der Waals surface area contributed by atoms with Gasteiger partial charge in [0, 0.05) is 32.8 Å². The van der Waals surface area contributed by atoms with Crippen molar-refractivity contribution in [1.82, 2.24) is 15.1 Å². The van der Waals surface area contributed by atoms with Gasteiger partial charge in [-0.15, -0.1) is 24.0 Å². The number of piperidine rings is 1. The summed E-state index contributed by atoms with van der Waals surface area (Å²) in [5.74, 6) is 2.43. The number of hydrogen-bond donors (Lipinski definition) is 2. The van der Waals surface area contributed by atoms with Gasteiger partial charge in [-0.05, 0) is 64.0 Å². The molecule has 6 nitrogen and oxygen atoms in total. The minimum absolute atomic E-state index is 0. The van der Waals surface area contributed by atoms with Gasteiger partial charge in [-0.3, -0.25) is 4.99 Å². The third-order valence-corrected chi connectivity index (χ3v) is 5.70. The molecular formula is C20H39IN4O2. The van der Waals surface area contributed by atoms with E-state index in [2.05, 4.69) is 27.0 Å². The van der Waals surface area contributed by atoms with E-state index in [-0.39, 0.29) is 24.0 Å². The van der Waals surface area contributed by atoms with Crippen LogP contribution in [0.4, 0.5) is 0 Å². The average Bonchev–Trinajstić information content (AvgIpc) is 3.36.